The summed E-state index contributed by atoms with van der Waals surface area (Å²) in [6.07, 6.45) is 1.06. The lowest BCUT2D eigenvalue weighted by Gasteiger charge is -2.05. The largest absolute Gasteiger partial charge is 0.367 e. The zero-order valence-electron chi connectivity index (χ0n) is 11.5. The van der Waals surface area contributed by atoms with E-state index >= 15 is 0 Å². The number of rotatable bonds is 6. The van der Waals surface area contributed by atoms with E-state index in [1.54, 1.807) is 0 Å². The van der Waals surface area contributed by atoms with Crippen LogP contribution in [0.1, 0.15) is 12.5 Å². The molecule has 4 nitrogen and oxygen atoms in total. The van der Waals surface area contributed by atoms with Gasteiger partial charge < -0.3 is 10.6 Å². The number of anilines is 1. The number of hydrogen-bond donors (Lipinski definition) is 2. The van der Waals surface area contributed by atoms with Crippen molar-refractivity contribution in [2.75, 3.05) is 25.5 Å². The van der Waals surface area contributed by atoms with Crippen molar-refractivity contribution in [1.29, 1.82) is 0 Å². The van der Waals surface area contributed by atoms with Crippen LogP contribution in [-0.2, 0) is 6.42 Å². The summed E-state index contributed by atoms with van der Waals surface area (Å²) in [5, 5.41) is 14.7. The summed E-state index contributed by atoms with van der Waals surface area (Å²) in [6, 6.07) is 12.4. The van der Waals surface area contributed by atoms with Gasteiger partial charge in [-0.2, -0.15) is 0 Å². The van der Waals surface area contributed by atoms with Crippen LogP contribution in [0.2, 0.25) is 0 Å². The highest BCUT2D eigenvalue weighted by molar-refractivity contribution is 5.59. The Balaban J connectivity index is 2.04. The second-order valence-electron chi connectivity index (χ2n) is 4.38. The van der Waals surface area contributed by atoms with Crippen LogP contribution < -0.4 is 10.6 Å². The van der Waals surface area contributed by atoms with E-state index in [0.29, 0.717) is 0 Å². The van der Waals surface area contributed by atoms with Gasteiger partial charge in [-0.3, -0.25) is 0 Å². The number of benzene rings is 1. The van der Waals surface area contributed by atoms with E-state index in [9.17, 15) is 0 Å². The minimum absolute atomic E-state index is 0.809. The van der Waals surface area contributed by atoms with Crippen molar-refractivity contribution in [3.8, 4) is 11.3 Å². The Kier molecular flexibility index (Phi) is 4.86. The molecule has 0 saturated carbocycles. The van der Waals surface area contributed by atoms with Gasteiger partial charge in [0, 0.05) is 18.7 Å². The fourth-order valence-electron chi connectivity index (χ4n) is 1.81. The second kappa shape index (κ2) is 6.85. The van der Waals surface area contributed by atoms with Crippen LogP contribution in [-0.4, -0.2) is 30.3 Å². The predicted molar refractivity (Wildman–Crippen MR) is 79.3 cm³/mol. The zero-order valence-corrected chi connectivity index (χ0v) is 11.5. The minimum Gasteiger partial charge on any atom is -0.367 e. The molecule has 2 N–H and O–H groups in total. The normalized spacial score (nSPS) is 10.4. The summed E-state index contributed by atoms with van der Waals surface area (Å²) >= 11 is 0. The molecule has 0 aliphatic carbocycles. The monoisotopic (exact) mass is 256 g/mol. The standard InChI is InChI=1S/C15H20N4/c1-3-12-4-6-13(7-5-12)14-8-9-15(19-18-14)17-11-10-16-2/h4-9,16H,3,10-11H2,1-2H3,(H,17,19). The van der Waals surface area contributed by atoms with Crippen molar-refractivity contribution in [3.63, 3.8) is 0 Å². The van der Waals surface area contributed by atoms with E-state index in [-0.39, 0.29) is 0 Å². The average Bonchev–Trinajstić information content (AvgIpc) is 2.48. The van der Waals surface area contributed by atoms with Gasteiger partial charge in [-0.1, -0.05) is 31.2 Å². The minimum atomic E-state index is 0.809. The molecule has 1 heterocycles. The van der Waals surface area contributed by atoms with E-state index in [1.165, 1.54) is 5.56 Å². The maximum atomic E-state index is 4.25. The first-order valence-corrected chi connectivity index (χ1v) is 6.65. The van der Waals surface area contributed by atoms with E-state index < -0.39 is 0 Å². The smallest absolute Gasteiger partial charge is 0.148 e. The van der Waals surface area contributed by atoms with Crippen LogP contribution >= 0.6 is 0 Å². The lowest BCUT2D eigenvalue weighted by atomic mass is 10.1. The zero-order chi connectivity index (χ0) is 13.5. The van der Waals surface area contributed by atoms with Crippen LogP contribution in [0.25, 0.3) is 11.3 Å². The summed E-state index contributed by atoms with van der Waals surface area (Å²) < 4.78 is 0. The summed E-state index contributed by atoms with van der Waals surface area (Å²) in [5.74, 6) is 0.809. The van der Waals surface area contributed by atoms with Gasteiger partial charge in [0.15, 0.2) is 0 Å². The Morgan fingerprint density at radius 3 is 2.32 bits per heavy atom. The Labute approximate surface area is 114 Å². The van der Waals surface area contributed by atoms with Gasteiger partial charge in [-0.15, -0.1) is 10.2 Å². The fraction of sp³-hybridized carbons (Fsp3) is 0.333. The van der Waals surface area contributed by atoms with Crippen LogP contribution in [0.4, 0.5) is 5.82 Å². The molecule has 2 rings (SSSR count). The van der Waals surface area contributed by atoms with Crippen LogP contribution in [0, 0.1) is 0 Å². The number of nitrogens with one attached hydrogen (secondary N) is 2. The molecule has 0 spiro atoms. The summed E-state index contributed by atoms with van der Waals surface area (Å²) in [7, 11) is 1.93. The number of likely N-dealkylation sites (N-methyl/N-ethyl adjacent to an activating group) is 1. The van der Waals surface area contributed by atoms with Crippen molar-refractivity contribution in [1.82, 2.24) is 15.5 Å². The van der Waals surface area contributed by atoms with Gasteiger partial charge in [-0.05, 0) is 31.2 Å². The molecule has 0 saturated heterocycles. The molecule has 0 aliphatic rings. The summed E-state index contributed by atoms with van der Waals surface area (Å²) in [6.45, 7) is 3.90. The van der Waals surface area contributed by atoms with Crippen molar-refractivity contribution < 1.29 is 0 Å². The molecule has 100 valence electrons. The molecule has 0 radical (unpaired) electrons. The first kappa shape index (κ1) is 13.5. The maximum absolute atomic E-state index is 4.25. The maximum Gasteiger partial charge on any atom is 0.148 e. The van der Waals surface area contributed by atoms with Crippen LogP contribution in [0.3, 0.4) is 0 Å². The third-order valence-corrected chi connectivity index (χ3v) is 3.00. The number of aryl methyl sites for hydroxylation is 1. The van der Waals surface area contributed by atoms with Crippen molar-refractivity contribution in [3.05, 3.63) is 42.0 Å². The Morgan fingerprint density at radius 2 is 1.74 bits per heavy atom. The summed E-state index contributed by atoms with van der Waals surface area (Å²) in [5.41, 5.74) is 3.34. The first-order chi connectivity index (χ1) is 9.33. The number of hydrogen-bond acceptors (Lipinski definition) is 4. The Hall–Kier alpha value is -1.94. The summed E-state index contributed by atoms with van der Waals surface area (Å²) in [4.78, 5) is 0. The molecule has 0 aliphatic heterocycles. The second-order valence-corrected chi connectivity index (χ2v) is 4.38. The molecule has 0 fully saturated rings. The lowest BCUT2D eigenvalue weighted by Crippen LogP contribution is -2.18. The Bertz CT molecular complexity index is 491. The third kappa shape index (κ3) is 3.76. The number of aromatic nitrogens is 2. The molecule has 0 bridgehead atoms. The molecule has 0 atom stereocenters. The van der Waals surface area contributed by atoms with Gasteiger partial charge in [-0.25, -0.2) is 0 Å². The van der Waals surface area contributed by atoms with Gasteiger partial charge >= 0.3 is 0 Å². The molecule has 1 aromatic carbocycles. The lowest BCUT2D eigenvalue weighted by molar-refractivity contribution is 0.818. The molecule has 0 amide bonds. The van der Waals surface area contributed by atoms with Crippen molar-refractivity contribution >= 4 is 5.82 Å². The quantitative estimate of drug-likeness (QED) is 0.779. The van der Waals surface area contributed by atoms with Gasteiger partial charge in [0.2, 0.25) is 0 Å². The van der Waals surface area contributed by atoms with Crippen LogP contribution in [0.5, 0.6) is 0 Å². The highest BCUT2D eigenvalue weighted by Crippen LogP contribution is 2.17. The predicted octanol–water partition coefficient (Wildman–Crippen LogP) is 2.34. The molecule has 1 aromatic heterocycles. The van der Waals surface area contributed by atoms with Crippen molar-refractivity contribution in [2.45, 2.75) is 13.3 Å². The first-order valence-electron chi connectivity index (χ1n) is 6.65. The van der Waals surface area contributed by atoms with Gasteiger partial charge in [0.1, 0.15) is 5.82 Å². The molecular formula is C15H20N4. The molecule has 0 unspecified atom stereocenters. The van der Waals surface area contributed by atoms with E-state index in [0.717, 1.165) is 36.6 Å². The average molecular weight is 256 g/mol. The van der Waals surface area contributed by atoms with E-state index in [4.69, 9.17) is 0 Å². The molecule has 19 heavy (non-hydrogen) atoms. The Morgan fingerprint density at radius 1 is 0.947 bits per heavy atom. The highest BCUT2D eigenvalue weighted by Gasteiger charge is 2.01. The molecule has 2 aromatic rings. The van der Waals surface area contributed by atoms with Crippen molar-refractivity contribution in [2.24, 2.45) is 0 Å². The van der Waals surface area contributed by atoms with Gasteiger partial charge in [0.05, 0.1) is 5.69 Å². The van der Waals surface area contributed by atoms with E-state index in [2.05, 4.69) is 52.0 Å². The fourth-order valence-corrected chi connectivity index (χ4v) is 1.81. The topological polar surface area (TPSA) is 49.8 Å². The molecular weight excluding hydrogens is 236 g/mol. The van der Waals surface area contributed by atoms with Gasteiger partial charge in [0.25, 0.3) is 0 Å². The van der Waals surface area contributed by atoms with Crippen LogP contribution in [0.15, 0.2) is 36.4 Å². The highest BCUT2D eigenvalue weighted by atomic mass is 15.2. The molecule has 4 heteroatoms. The van der Waals surface area contributed by atoms with E-state index in [1.807, 2.05) is 19.2 Å². The SMILES string of the molecule is CCc1ccc(-c2ccc(NCCNC)nn2)cc1. The number of nitrogens with zero attached hydrogens (tertiary/aromatic N) is 2. The third-order valence-electron chi connectivity index (χ3n) is 3.00.